The van der Waals surface area contributed by atoms with Crippen LogP contribution in [0.1, 0.15) is 11.3 Å². The molecule has 0 amide bonds. The minimum Gasteiger partial charge on any atom is -0.353 e. The summed E-state index contributed by atoms with van der Waals surface area (Å²) >= 11 is 0. The Morgan fingerprint density at radius 3 is 2.36 bits per heavy atom. The van der Waals surface area contributed by atoms with Gasteiger partial charge in [-0.25, -0.2) is 19.6 Å². The average molecular weight is 335 g/mol. The molecule has 0 bridgehead atoms. The van der Waals surface area contributed by atoms with Crippen LogP contribution in [-0.4, -0.2) is 50.9 Å². The van der Waals surface area contributed by atoms with E-state index in [1.165, 1.54) is 5.56 Å². The maximum atomic E-state index is 4.53. The van der Waals surface area contributed by atoms with Gasteiger partial charge in [0.2, 0.25) is 0 Å². The number of piperazine rings is 1. The molecule has 0 unspecified atom stereocenters. The van der Waals surface area contributed by atoms with Gasteiger partial charge in [0.15, 0.2) is 5.82 Å². The van der Waals surface area contributed by atoms with E-state index < -0.39 is 0 Å². The van der Waals surface area contributed by atoms with Crippen molar-refractivity contribution in [2.24, 2.45) is 0 Å². The van der Waals surface area contributed by atoms with Crippen LogP contribution in [0.2, 0.25) is 0 Å². The Morgan fingerprint density at radius 2 is 1.64 bits per heavy atom. The van der Waals surface area contributed by atoms with E-state index in [2.05, 4.69) is 42.8 Å². The maximum Gasteiger partial charge on any atom is 0.158 e. The van der Waals surface area contributed by atoms with E-state index in [1.54, 1.807) is 11.0 Å². The first-order valence-electron chi connectivity index (χ1n) is 8.47. The van der Waals surface area contributed by atoms with Gasteiger partial charge < -0.3 is 9.80 Å². The highest BCUT2D eigenvalue weighted by Gasteiger charge is 2.20. The van der Waals surface area contributed by atoms with Gasteiger partial charge in [0.05, 0.1) is 5.69 Å². The third-order valence-corrected chi connectivity index (χ3v) is 4.48. The molecule has 1 fully saturated rings. The molecule has 0 aromatic carbocycles. The highest BCUT2D eigenvalue weighted by molar-refractivity contribution is 5.50. The lowest BCUT2D eigenvalue weighted by molar-refractivity contribution is 0.639. The van der Waals surface area contributed by atoms with Gasteiger partial charge in [0.25, 0.3) is 0 Å². The number of anilines is 2. The summed E-state index contributed by atoms with van der Waals surface area (Å²) in [6.45, 7) is 7.75. The van der Waals surface area contributed by atoms with Gasteiger partial charge in [-0.3, -0.25) is 0 Å². The second-order valence-corrected chi connectivity index (χ2v) is 6.25. The van der Waals surface area contributed by atoms with Crippen molar-refractivity contribution in [1.82, 2.24) is 24.7 Å². The van der Waals surface area contributed by atoms with Crippen molar-refractivity contribution in [3.63, 3.8) is 0 Å². The summed E-state index contributed by atoms with van der Waals surface area (Å²) in [7, 11) is 0. The minimum atomic E-state index is 0.793. The molecule has 3 aromatic rings. The summed E-state index contributed by atoms with van der Waals surface area (Å²) < 4.78 is 1.79. The Labute approximate surface area is 147 Å². The van der Waals surface area contributed by atoms with E-state index in [0.29, 0.717) is 0 Å². The lowest BCUT2D eigenvalue weighted by Gasteiger charge is -2.36. The molecule has 1 aliphatic heterocycles. The van der Waals surface area contributed by atoms with Crippen molar-refractivity contribution in [2.45, 2.75) is 13.8 Å². The lowest BCUT2D eigenvalue weighted by atomic mass is 10.2. The quantitative estimate of drug-likeness (QED) is 0.729. The second-order valence-electron chi connectivity index (χ2n) is 6.25. The zero-order valence-electron chi connectivity index (χ0n) is 14.5. The monoisotopic (exact) mass is 335 g/mol. The molecule has 0 atom stereocenters. The van der Waals surface area contributed by atoms with Gasteiger partial charge in [-0.2, -0.15) is 5.10 Å². The normalized spacial score (nSPS) is 14.8. The number of hydrogen-bond donors (Lipinski definition) is 0. The largest absolute Gasteiger partial charge is 0.353 e. The van der Waals surface area contributed by atoms with Gasteiger partial charge in [-0.1, -0.05) is 6.07 Å². The van der Waals surface area contributed by atoms with E-state index in [9.17, 15) is 0 Å². The van der Waals surface area contributed by atoms with E-state index in [0.717, 1.165) is 49.3 Å². The molecule has 1 aliphatic rings. The molecule has 1 saturated heterocycles. The Balaban J connectivity index is 1.49. The highest BCUT2D eigenvalue weighted by atomic mass is 15.3. The number of aryl methyl sites for hydroxylation is 2. The van der Waals surface area contributed by atoms with Crippen LogP contribution in [0.4, 0.5) is 11.6 Å². The van der Waals surface area contributed by atoms with E-state index in [4.69, 9.17) is 0 Å². The standard InChI is InChI=1S/C18H21N7/c1-14-4-3-6-19-18(14)24-10-8-23(9-11-24)16-12-17(21-13-20-16)25-7-5-15(2)22-25/h3-7,12-13H,8-11H2,1-2H3. The van der Waals surface area contributed by atoms with Gasteiger partial charge in [0.1, 0.15) is 18.0 Å². The van der Waals surface area contributed by atoms with Gasteiger partial charge in [-0.05, 0) is 31.5 Å². The number of rotatable bonds is 3. The first-order valence-corrected chi connectivity index (χ1v) is 8.47. The first kappa shape index (κ1) is 15.6. The fraction of sp³-hybridized carbons (Fsp3) is 0.333. The van der Waals surface area contributed by atoms with Crippen LogP contribution in [0, 0.1) is 13.8 Å². The molecule has 4 rings (SSSR count). The van der Waals surface area contributed by atoms with Crippen LogP contribution < -0.4 is 9.80 Å². The third-order valence-electron chi connectivity index (χ3n) is 4.48. The predicted molar refractivity (Wildman–Crippen MR) is 97.3 cm³/mol. The second kappa shape index (κ2) is 6.51. The van der Waals surface area contributed by atoms with Crippen molar-refractivity contribution in [1.29, 1.82) is 0 Å². The summed E-state index contributed by atoms with van der Waals surface area (Å²) in [6, 6.07) is 8.05. The Morgan fingerprint density at radius 1 is 0.880 bits per heavy atom. The van der Waals surface area contributed by atoms with Gasteiger partial charge in [0, 0.05) is 44.6 Å². The number of hydrogen-bond acceptors (Lipinski definition) is 6. The van der Waals surface area contributed by atoms with E-state index in [-0.39, 0.29) is 0 Å². The number of nitrogens with zero attached hydrogens (tertiary/aromatic N) is 7. The molecule has 4 heterocycles. The highest BCUT2D eigenvalue weighted by Crippen LogP contribution is 2.21. The summed E-state index contributed by atoms with van der Waals surface area (Å²) in [5.41, 5.74) is 2.19. The third kappa shape index (κ3) is 3.17. The molecular formula is C18H21N7. The molecule has 0 N–H and O–H groups in total. The number of pyridine rings is 1. The predicted octanol–water partition coefficient (Wildman–Crippen LogP) is 2.00. The molecule has 0 saturated carbocycles. The van der Waals surface area contributed by atoms with Crippen LogP contribution in [0.25, 0.3) is 5.82 Å². The van der Waals surface area contributed by atoms with Crippen molar-refractivity contribution in [2.75, 3.05) is 36.0 Å². The van der Waals surface area contributed by atoms with Gasteiger partial charge >= 0.3 is 0 Å². The van der Waals surface area contributed by atoms with Crippen molar-refractivity contribution in [3.05, 3.63) is 54.2 Å². The van der Waals surface area contributed by atoms with Crippen molar-refractivity contribution < 1.29 is 0 Å². The summed E-state index contributed by atoms with van der Waals surface area (Å²) in [6.07, 6.45) is 5.39. The van der Waals surface area contributed by atoms with Crippen LogP contribution in [0.3, 0.4) is 0 Å². The average Bonchev–Trinajstić information content (AvgIpc) is 3.09. The zero-order valence-corrected chi connectivity index (χ0v) is 14.5. The summed E-state index contributed by atoms with van der Waals surface area (Å²) in [5.74, 6) is 2.81. The van der Waals surface area contributed by atoms with Crippen LogP contribution >= 0.6 is 0 Å². The first-order chi connectivity index (χ1) is 12.2. The van der Waals surface area contributed by atoms with Crippen molar-refractivity contribution >= 4 is 11.6 Å². The fourth-order valence-electron chi connectivity index (χ4n) is 3.13. The molecule has 0 spiro atoms. The van der Waals surface area contributed by atoms with Crippen LogP contribution in [0.5, 0.6) is 0 Å². The van der Waals surface area contributed by atoms with E-state index >= 15 is 0 Å². The molecule has 128 valence electrons. The molecule has 25 heavy (non-hydrogen) atoms. The van der Waals surface area contributed by atoms with Crippen LogP contribution in [-0.2, 0) is 0 Å². The topological polar surface area (TPSA) is 63.0 Å². The van der Waals surface area contributed by atoms with E-state index in [1.807, 2.05) is 37.5 Å². The summed E-state index contributed by atoms with van der Waals surface area (Å²) in [5, 5.41) is 4.42. The minimum absolute atomic E-state index is 0.793. The smallest absolute Gasteiger partial charge is 0.158 e. The Kier molecular flexibility index (Phi) is 4.05. The SMILES string of the molecule is Cc1ccn(-c2cc(N3CCN(c4ncccc4C)CC3)ncn2)n1. The van der Waals surface area contributed by atoms with Gasteiger partial charge in [-0.15, -0.1) is 0 Å². The van der Waals surface area contributed by atoms with Crippen LogP contribution in [0.15, 0.2) is 43.0 Å². The molecular weight excluding hydrogens is 314 g/mol. The molecule has 3 aromatic heterocycles. The molecule has 7 nitrogen and oxygen atoms in total. The summed E-state index contributed by atoms with van der Waals surface area (Å²) in [4.78, 5) is 17.9. The maximum absolute atomic E-state index is 4.53. The zero-order chi connectivity index (χ0) is 17.2. The molecule has 0 aliphatic carbocycles. The molecule has 0 radical (unpaired) electrons. The number of aromatic nitrogens is 5. The fourth-order valence-corrected chi connectivity index (χ4v) is 3.13. The Bertz CT molecular complexity index is 865. The van der Waals surface area contributed by atoms with Crippen molar-refractivity contribution in [3.8, 4) is 5.82 Å². The Hall–Kier alpha value is -2.96. The molecule has 7 heteroatoms. The lowest BCUT2D eigenvalue weighted by Crippen LogP contribution is -2.47.